The van der Waals surface area contributed by atoms with Gasteiger partial charge in [-0.1, -0.05) is 0 Å². The fourth-order valence-electron chi connectivity index (χ4n) is 5.78. The largest absolute Gasteiger partial charge is 1.00 e. The Labute approximate surface area is 361 Å². The number of fused-ring (bicyclic) bond motifs is 6. The number of aromatic amines is 1. The maximum absolute atomic E-state index is 5.82. The smallest absolute Gasteiger partial charge is 0.221 e. The lowest BCUT2D eigenvalue weighted by Gasteiger charge is -2.07. The first-order valence-corrected chi connectivity index (χ1v) is 19.7. The van der Waals surface area contributed by atoms with E-state index in [0.29, 0.717) is 0 Å². The molecule has 3 aromatic rings. The minimum Gasteiger partial charge on any atom is -1.00 e. The molecule has 0 aromatic heterocycles. The van der Waals surface area contributed by atoms with Gasteiger partial charge in [-0.3, -0.25) is 4.99 Å². The minimum absolute atomic E-state index is 0. The van der Waals surface area contributed by atoms with Crippen molar-refractivity contribution in [2.75, 3.05) is 59.1 Å². The molecule has 0 saturated heterocycles. The van der Waals surface area contributed by atoms with Crippen molar-refractivity contribution in [3.05, 3.63) is 125 Å². The predicted octanol–water partition coefficient (Wildman–Crippen LogP) is -2.57. The Morgan fingerprint density at radius 1 is 0.579 bits per heavy atom. The molecule has 0 atom stereocenters. The molecule has 3 aliphatic heterocycles. The van der Waals surface area contributed by atoms with E-state index in [1.165, 1.54) is 30.0 Å². The molecule has 15 heteroatoms. The number of nitrogen functional groups attached to an aromatic ring is 2. The van der Waals surface area contributed by atoms with E-state index >= 15 is 0 Å². The number of benzene rings is 6. The van der Waals surface area contributed by atoms with Crippen molar-refractivity contribution < 1.29 is 42.2 Å². The maximum atomic E-state index is 5.82. The molecule has 0 spiro atoms. The molecule has 57 heavy (non-hydrogen) atoms. The van der Waals surface area contributed by atoms with Crippen LogP contribution in [0.15, 0.2) is 114 Å². The standard InChI is InChI=1S/C15H15N3S.C14H13N3S.C13H11N3S.3ClH/c1-16-10-4-6-12-14(8-10)19-15-9-11(18(2)3)5-7-13(15)17-12;1-17(2)10-4-6-12-14(8-10)18-13-7-9(15)3-5-11(13)16-12;1-15-9-3-5-11-13(7-9)17-12-6-8(14)2-4-10(12)16-11;;;/h4-9H,1-3H3;3-8,15H,1-2H3;2-7H,14H2,1H3;3*1H. The lowest BCUT2D eigenvalue weighted by molar-refractivity contribution is -0.330. The zero-order chi connectivity index (χ0) is 37.9. The van der Waals surface area contributed by atoms with Crippen molar-refractivity contribution in [2.24, 2.45) is 4.99 Å². The number of halogens is 3. The molecule has 0 amide bonds. The summed E-state index contributed by atoms with van der Waals surface area (Å²) < 4.78 is 7.69. The third-order valence-corrected chi connectivity index (χ3v) is 12.1. The number of nitrogens with zero attached hydrogens (tertiary/aromatic N) is 5. The summed E-state index contributed by atoms with van der Waals surface area (Å²) in [6.07, 6.45) is 0. The van der Waals surface area contributed by atoms with Crippen LogP contribution >= 0.6 is 34.0 Å². The summed E-state index contributed by atoms with van der Waals surface area (Å²) in [6, 6.07) is 36.9. The van der Waals surface area contributed by atoms with Crippen LogP contribution in [0.2, 0.25) is 0 Å². The SMILES string of the molecule is CN=c1ccc2[nH+]c3ccc(N)cc3sc-2c1.CNc1ccc2nc3ccc(=[N+](C)C)cc-3sc2c1.C[N+](C)=c1ccc2nc3ccc(N)cc3sc-2c1.[Cl-].[Cl-].[Cl-]. The summed E-state index contributed by atoms with van der Waals surface area (Å²) in [5, 5.41) is 6.55. The van der Waals surface area contributed by atoms with Gasteiger partial charge in [0, 0.05) is 67.6 Å². The third-order valence-electron chi connectivity index (χ3n) is 8.79. The fraction of sp³-hybridized carbons (Fsp3) is 0.143. The molecule has 0 saturated carbocycles. The van der Waals surface area contributed by atoms with Crippen molar-refractivity contribution in [1.29, 1.82) is 0 Å². The lowest BCUT2D eigenvalue weighted by Crippen LogP contribution is -3.00. The molecule has 0 fully saturated rings. The lowest BCUT2D eigenvalue weighted by atomic mass is 10.2. The molecule has 6 aliphatic rings. The van der Waals surface area contributed by atoms with Gasteiger partial charge in [0.15, 0.2) is 0 Å². The summed E-state index contributed by atoms with van der Waals surface area (Å²) >= 11 is 5.23. The molecule has 0 radical (unpaired) electrons. The zero-order valence-electron chi connectivity index (χ0n) is 32.1. The highest BCUT2D eigenvalue weighted by Crippen LogP contribution is 2.32. The van der Waals surface area contributed by atoms with E-state index in [0.717, 1.165) is 65.5 Å². The number of anilines is 3. The summed E-state index contributed by atoms with van der Waals surface area (Å²) in [5.41, 5.74) is 20.7. The van der Waals surface area contributed by atoms with Crippen molar-refractivity contribution in [1.82, 2.24) is 19.1 Å². The maximum Gasteiger partial charge on any atom is 0.221 e. The van der Waals surface area contributed by atoms with E-state index in [2.05, 4.69) is 110 Å². The molecule has 3 aromatic carbocycles. The number of H-pyrrole nitrogens is 1. The van der Waals surface area contributed by atoms with Crippen LogP contribution in [0.5, 0.6) is 0 Å². The number of aromatic nitrogens is 3. The third kappa shape index (κ3) is 10.3. The van der Waals surface area contributed by atoms with Gasteiger partial charge in [0.25, 0.3) is 0 Å². The van der Waals surface area contributed by atoms with Crippen LogP contribution < -0.4 is 84.2 Å². The van der Waals surface area contributed by atoms with Gasteiger partial charge in [-0.15, -0.1) is 34.0 Å². The van der Waals surface area contributed by atoms with Crippen LogP contribution in [-0.2, 0) is 0 Å². The Balaban J connectivity index is 0.000000185. The van der Waals surface area contributed by atoms with Crippen molar-refractivity contribution in [2.45, 2.75) is 0 Å². The van der Waals surface area contributed by atoms with Gasteiger partial charge in [-0.2, -0.15) is 0 Å². The molecular formula is C42H42Cl3N9S3. The van der Waals surface area contributed by atoms with Crippen LogP contribution in [0, 0.1) is 0 Å². The van der Waals surface area contributed by atoms with Crippen LogP contribution in [0.1, 0.15) is 0 Å². The predicted molar refractivity (Wildman–Crippen MR) is 232 cm³/mol. The average molecular weight is 875 g/mol. The number of nitrogens with two attached hydrogens (primary N) is 2. The van der Waals surface area contributed by atoms with E-state index in [4.69, 9.17) is 16.5 Å². The summed E-state index contributed by atoms with van der Waals surface area (Å²) in [4.78, 5) is 20.5. The Morgan fingerprint density at radius 3 is 1.67 bits per heavy atom. The number of rotatable bonds is 1. The van der Waals surface area contributed by atoms with Gasteiger partial charge in [-0.25, -0.2) is 24.1 Å². The molecule has 9 rings (SSSR count). The van der Waals surface area contributed by atoms with E-state index in [1.807, 2.05) is 63.6 Å². The molecule has 0 unspecified atom stereocenters. The average Bonchev–Trinajstić information content (AvgIpc) is 3.18. The topological polar surface area (TPSA) is 122 Å². The fourth-order valence-corrected chi connectivity index (χ4v) is 8.94. The first-order chi connectivity index (χ1) is 26.1. The van der Waals surface area contributed by atoms with Gasteiger partial charge in [-0.05, 0) is 72.8 Å². The summed E-state index contributed by atoms with van der Waals surface area (Å²) in [7, 11) is 11.9. The van der Waals surface area contributed by atoms with E-state index in [-0.39, 0.29) is 37.2 Å². The molecule has 9 nitrogen and oxygen atoms in total. The highest BCUT2D eigenvalue weighted by molar-refractivity contribution is 7.22. The van der Waals surface area contributed by atoms with Crippen molar-refractivity contribution >= 4 is 81.7 Å². The Morgan fingerprint density at radius 2 is 1.11 bits per heavy atom. The number of nitrogens with one attached hydrogen (secondary N) is 2. The Bertz CT molecular complexity index is 2930. The van der Waals surface area contributed by atoms with Crippen LogP contribution in [0.4, 0.5) is 17.1 Å². The number of hydrogen-bond donors (Lipinski definition) is 3. The van der Waals surface area contributed by atoms with Gasteiger partial charge in [0.2, 0.25) is 21.9 Å². The first-order valence-electron chi connectivity index (χ1n) is 17.3. The van der Waals surface area contributed by atoms with Gasteiger partial charge < -0.3 is 54.0 Å². The highest BCUT2D eigenvalue weighted by Gasteiger charge is 2.13. The van der Waals surface area contributed by atoms with Crippen LogP contribution in [-0.4, -0.2) is 52.3 Å². The Hall–Kier alpha value is -4.95. The molecule has 0 bridgehead atoms. The second-order valence-electron chi connectivity index (χ2n) is 13.1. The van der Waals surface area contributed by atoms with Crippen molar-refractivity contribution in [3.63, 3.8) is 0 Å². The molecule has 6 N–H and O–H groups in total. The molecular weight excluding hydrogens is 833 g/mol. The van der Waals surface area contributed by atoms with Crippen LogP contribution in [0.3, 0.4) is 0 Å². The van der Waals surface area contributed by atoms with Gasteiger partial charge in [0.05, 0.1) is 46.9 Å². The Kier molecular flexibility index (Phi) is 15.3. The van der Waals surface area contributed by atoms with E-state index < -0.39 is 0 Å². The normalized spacial score (nSPS) is 10.8. The van der Waals surface area contributed by atoms with Gasteiger partial charge >= 0.3 is 0 Å². The second-order valence-corrected chi connectivity index (χ2v) is 16.3. The van der Waals surface area contributed by atoms with Crippen molar-refractivity contribution in [3.8, 4) is 31.7 Å². The monoisotopic (exact) mass is 873 g/mol. The zero-order valence-corrected chi connectivity index (χ0v) is 36.9. The van der Waals surface area contributed by atoms with E-state index in [9.17, 15) is 0 Å². The molecule has 3 aliphatic carbocycles. The summed E-state index contributed by atoms with van der Waals surface area (Å²) in [6.45, 7) is 0. The second kappa shape index (κ2) is 19.5. The molecule has 3 heterocycles. The quantitative estimate of drug-likeness (QED) is 0.0953. The number of hydrogen-bond acceptors (Lipinski definition) is 9. The highest BCUT2D eigenvalue weighted by atomic mass is 35.5. The van der Waals surface area contributed by atoms with Crippen LogP contribution in [0.25, 0.3) is 62.4 Å². The van der Waals surface area contributed by atoms with E-state index in [1.54, 1.807) is 41.1 Å². The summed E-state index contributed by atoms with van der Waals surface area (Å²) in [5.74, 6) is 0. The first kappa shape index (κ1) is 44.8. The minimum atomic E-state index is 0. The van der Waals surface area contributed by atoms with Gasteiger partial charge in [0.1, 0.15) is 37.8 Å². The molecule has 294 valence electrons.